The second kappa shape index (κ2) is 10.2. The van der Waals surface area contributed by atoms with Gasteiger partial charge in [-0.1, -0.05) is 0 Å². The van der Waals surface area contributed by atoms with Crippen molar-refractivity contribution in [1.29, 1.82) is 0 Å². The second-order valence-corrected chi connectivity index (χ2v) is 9.05. The van der Waals surface area contributed by atoms with Crippen LogP contribution in [0, 0.1) is 17.6 Å². The number of sulfonamides is 1. The van der Waals surface area contributed by atoms with Gasteiger partial charge in [-0.2, -0.15) is 4.31 Å². The number of piperidine rings is 1. The zero-order valence-corrected chi connectivity index (χ0v) is 17.8. The summed E-state index contributed by atoms with van der Waals surface area (Å²) in [5.74, 6) is -2.22. The molecule has 2 aromatic carbocycles. The van der Waals surface area contributed by atoms with E-state index < -0.39 is 21.7 Å². The number of nitrogens with zero attached hydrogens (tertiary/aromatic N) is 1. The highest BCUT2D eigenvalue weighted by Crippen LogP contribution is 2.26. The SMILES string of the molecule is COCCOc1ccc(NC(=O)C2CCN(S(=O)(=O)c3ccc(F)c(F)c3)CC2)cc1. The van der Waals surface area contributed by atoms with Crippen molar-refractivity contribution < 1.29 is 31.5 Å². The van der Waals surface area contributed by atoms with Gasteiger partial charge in [0.1, 0.15) is 12.4 Å². The van der Waals surface area contributed by atoms with E-state index in [2.05, 4.69) is 5.32 Å². The average molecular weight is 454 g/mol. The van der Waals surface area contributed by atoms with Crippen molar-refractivity contribution in [2.75, 3.05) is 38.7 Å². The number of rotatable bonds is 8. The number of ether oxygens (including phenoxy) is 2. The number of halogens is 2. The van der Waals surface area contributed by atoms with Crippen LogP contribution in [0.3, 0.4) is 0 Å². The Kier molecular flexibility index (Phi) is 7.58. The van der Waals surface area contributed by atoms with Gasteiger partial charge >= 0.3 is 0 Å². The zero-order valence-electron chi connectivity index (χ0n) is 17.0. The van der Waals surface area contributed by atoms with Gasteiger partial charge in [-0.05, 0) is 55.3 Å². The van der Waals surface area contributed by atoms with Gasteiger partial charge in [-0.15, -0.1) is 0 Å². The molecule has 0 aliphatic carbocycles. The molecule has 1 fully saturated rings. The molecule has 3 rings (SSSR count). The fourth-order valence-electron chi connectivity index (χ4n) is 3.27. The van der Waals surface area contributed by atoms with Gasteiger partial charge < -0.3 is 14.8 Å². The lowest BCUT2D eigenvalue weighted by Gasteiger charge is -2.30. The van der Waals surface area contributed by atoms with E-state index in [-0.39, 0.29) is 29.8 Å². The van der Waals surface area contributed by atoms with Crippen molar-refractivity contribution in [3.05, 3.63) is 54.1 Å². The lowest BCUT2D eigenvalue weighted by Crippen LogP contribution is -2.41. The Morgan fingerprint density at radius 2 is 1.74 bits per heavy atom. The Labute approximate surface area is 180 Å². The molecule has 31 heavy (non-hydrogen) atoms. The van der Waals surface area contributed by atoms with Crippen molar-refractivity contribution in [1.82, 2.24) is 4.31 Å². The summed E-state index contributed by atoms with van der Waals surface area (Å²) < 4.78 is 63.4. The molecule has 1 heterocycles. The quantitative estimate of drug-likeness (QED) is 0.620. The number of hydrogen-bond acceptors (Lipinski definition) is 5. The lowest BCUT2D eigenvalue weighted by atomic mass is 9.97. The summed E-state index contributed by atoms with van der Waals surface area (Å²) in [6.45, 7) is 1.13. The van der Waals surface area contributed by atoms with E-state index in [9.17, 15) is 22.0 Å². The Bertz CT molecular complexity index is 1010. The van der Waals surface area contributed by atoms with Gasteiger partial charge in [0, 0.05) is 31.8 Å². The molecule has 2 aromatic rings. The first-order valence-corrected chi connectivity index (χ1v) is 11.2. The van der Waals surface area contributed by atoms with Crippen LogP contribution in [0.4, 0.5) is 14.5 Å². The molecule has 0 unspecified atom stereocenters. The van der Waals surface area contributed by atoms with Gasteiger partial charge in [-0.25, -0.2) is 17.2 Å². The summed E-state index contributed by atoms with van der Waals surface area (Å²) in [6, 6.07) is 9.42. The molecule has 10 heteroatoms. The van der Waals surface area contributed by atoms with Crippen LogP contribution < -0.4 is 10.1 Å². The molecule has 0 aromatic heterocycles. The first kappa shape index (κ1) is 23.1. The van der Waals surface area contributed by atoms with E-state index in [0.717, 1.165) is 12.1 Å². The maximum Gasteiger partial charge on any atom is 0.243 e. The highest BCUT2D eigenvalue weighted by molar-refractivity contribution is 7.89. The molecular weight excluding hydrogens is 430 g/mol. The van der Waals surface area contributed by atoms with E-state index in [1.807, 2.05) is 0 Å². The summed E-state index contributed by atoms with van der Waals surface area (Å²) in [5, 5.41) is 2.83. The van der Waals surface area contributed by atoms with Crippen molar-refractivity contribution in [2.45, 2.75) is 17.7 Å². The van der Waals surface area contributed by atoms with Crippen LogP contribution in [0.2, 0.25) is 0 Å². The third-order valence-electron chi connectivity index (χ3n) is 5.03. The summed E-state index contributed by atoms with van der Waals surface area (Å²) in [5.41, 5.74) is 0.612. The Morgan fingerprint density at radius 1 is 1.06 bits per heavy atom. The molecule has 1 amide bonds. The first-order chi connectivity index (χ1) is 14.8. The summed E-state index contributed by atoms with van der Waals surface area (Å²) in [4.78, 5) is 12.3. The number of methoxy groups -OCH3 is 1. The number of benzene rings is 2. The van der Waals surface area contributed by atoms with Crippen LogP contribution in [0.5, 0.6) is 5.75 Å². The second-order valence-electron chi connectivity index (χ2n) is 7.11. The van der Waals surface area contributed by atoms with Crippen molar-refractivity contribution >= 4 is 21.6 Å². The molecule has 1 aliphatic heterocycles. The predicted molar refractivity (Wildman–Crippen MR) is 110 cm³/mol. The highest BCUT2D eigenvalue weighted by Gasteiger charge is 2.32. The number of carbonyl (C=O) groups is 1. The van der Waals surface area contributed by atoms with Gasteiger partial charge in [0.15, 0.2) is 11.6 Å². The number of hydrogen-bond donors (Lipinski definition) is 1. The molecule has 0 radical (unpaired) electrons. The van der Waals surface area contributed by atoms with Crippen LogP contribution >= 0.6 is 0 Å². The van der Waals surface area contributed by atoms with E-state index >= 15 is 0 Å². The topological polar surface area (TPSA) is 84.9 Å². The Morgan fingerprint density at radius 3 is 2.35 bits per heavy atom. The molecule has 1 N–H and O–H groups in total. The van der Waals surface area contributed by atoms with Crippen LogP contribution in [-0.2, 0) is 19.6 Å². The Hall–Kier alpha value is -2.56. The van der Waals surface area contributed by atoms with Crippen molar-refractivity contribution in [2.24, 2.45) is 5.92 Å². The lowest BCUT2D eigenvalue weighted by molar-refractivity contribution is -0.120. The van der Waals surface area contributed by atoms with Gasteiger partial charge in [-0.3, -0.25) is 4.79 Å². The van der Waals surface area contributed by atoms with E-state index in [1.54, 1.807) is 31.4 Å². The smallest absolute Gasteiger partial charge is 0.243 e. The van der Waals surface area contributed by atoms with Crippen LogP contribution in [-0.4, -0.2) is 52.0 Å². The fourth-order valence-corrected chi connectivity index (χ4v) is 4.75. The number of anilines is 1. The van der Waals surface area contributed by atoms with Gasteiger partial charge in [0.05, 0.1) is 11.5 Å². The number of amides is 1. The van der Waals surface area contributed by atoms with E-state index in [0.29, 0.717) is 43.6 Å². The van der Waals surface area contributed by atoms with Crippen molar-refractivity contribution in [3.8, 4) is 5.75 Å². The van der Waals surface area contributed by atoms with E-state index in [1.165, 1.54) is 4.31 Å². The van der Waals surface area contributed by atoms with Crippen LogP contribution in [0.1, 0.15) is 12.8 Å². The molecule has 1 saturated heterocycles. The van der Waals surface area contributed by atoms with Crippen LogP contribution in [0.25, 0.3) is 0 Å². The first-order valence-electron chi connectivity index (χ1n) is 9.79. The molecule has 168 valence electrons. The van der Waals surface area contributed by atoms with E-state index in [4.69, 9.17) is 9.47 Å². The largest absolute Gasteiger partial charge is 0.491 e. The number of carbonyl (C=O) groups excluding carboxylic acids is 1. The molecule has 1 aliphatic rings. The molecule has 0 atom stereocenters. The van der Waals surface area contributed by atoms with Crippen molar-refractivity contribution in [3.63, 3.8) is 0 Å². The molecular formula is C21H24F2N2O5S. The minimum absolute atomic E-state index is 0.117. The minimum Gasteiger partial charge on any atom is -0.491 e. The third kappa shape index (κ3) is 5.78. The highest BCUT2D eigenvalue weighted by atomic mass is 32.2. The maximum absolute atomic E-state index is 13.4. The molecule has 0 saturated carbocycles. The minimum atomic E-state index is -3.95. The molecule has 0 bridgehead atoms. The Balaban J connectivity index is 1.54. The average Bonchev–Trinajstić information content (AvgIpc) is 2.77. The normalized spacial score (nSPS) is 15.6. The number of nitrogens with one attached hydrogen (secondary N) is 1. The standard InChI is InChI=1S/C21H24F2N2O5S/c1-29-12-13-30-17-4-2-16(3-5-17)24-21(26)15-8-10-25(11-9-15)31(27,28)18-6-7-19(22)20(23)14-18/h2-7,14-15H,8-13H2,1H3,(H,24,26). The molecule has 7 nitrogen and oxygen atoms in total. The summed E-state index contributed by atoms with van der Waals surface area (Å²) in [6.07, 6.45) is 0.653. The summed E-state index contributed by atoms with van der Waals surface area (Å²) >= 11 is 0. The van der Waals surface area contributed by atoms with Gasteiger partial charge in [0.2, 0.25) is 15.9 Å². The summed E-state index contributed by atoms with van der Waals surface area (Å²) in [7, 11) is -2.36. The maximum atomic E-state index is 13.4. The monoisotopic (exact) mass is 454 g/mol. The zero-order chi connectivity index (χ0) is 22.4. The van der Waals surface area contributed by atoms with Gasteiger partial charge in [0.25, 0.3) is 0 Å². The fraction of sp³-hybridized carbons (Fsp3) is 0.381. The molecule has 0 spiro atoms. The predicted octanol–water partition coefficient (Wildman–Crippen LogP) is 3.03. The van der Waals surface area contributed by atoms with Crippen LogP contribution in [0.15, 0.2) is 47.4 Å². The third-order valence-corrected chi connectivity index (χ3v) is 6.93.